The lowest BCUT2D eigenvalue weighted by molar-refractivity contribution is 0.0949. The third-order valence-corrected chi connectivity index (χ3v) is 7.87. The van der Waals surface area contributed by atoms with Gasteiger partial charge < -0.3 is 14.8 Å². The zero-order chi connectivity index (χ0) is 27.7. The first-order chi connectivity index (χ1) is 18.7. The lowest BCUT2D eigenvalue weighted by Crippen LogP contribution is -2.24. The molecule has 5 rings (SSSR count). The van der Waals surface area contributed by atoms with Crippen molar-refractivity contribution in [1.82, 2.24) is 20.3 Å². The maximum absolute atomic E-state index is 14.7. The molecule has 3 aromatic heterocycles. The van der Waals surface area contributed by atoms with Crippen molar-refractivity contribution in [2.75, 3.05) is 19.5 Å². The monoisotopic (exact) mass is 558 g/mol. The molecule has 0 spiro atoms. The number of methoxy groups -OCH3 is 1. The number of ether oxygens (including phenoxy) is 2. The Bertz CT molecular complexity index is 1700. The summed E-state index contributed by atoms with van der Waals surface area (Å²) in [6.45, 7) is -0.314. The highest BCUT2D eigenvalue weighted by atomic mass is 32.2. The lowest BCUT2D eigenvalue weighted by Gasteiger charge is -2.11. The molecule has 1 N–H and O–H groups in total. The average Bonchev–Trinajstić information content (AvgIpc) is 3.08. The number of carbonyl (C=O) groups is 1. The van der Waals surface area contributed by atoms with Gasteiger partial charge in [-0.25, -0.2) is 31.6 Å². The summed E-state index contributed by atoms with van der Waals surface area (Å²) < 4.78 is 76.1. The maximum Gasteiger partial charge on any atom is 0.280 e. The third kappa shape index (κ3) is 5.40. The molecule has 0 radical (unpaired) electrons. The van der Waals surface area contributed by atoms with Gasteiger partial charge in [0.05, 0.1) is 60.0 Å². The summed E-state index contributed by atoms with van der Waals surface area (Å²) in [5.41, 5.74) is 1.12. The van der Waals surface area contributed by atoms with Gasteiger partial charge in [-0.15, -0.1) is 0 Å². The van der Waals surface area contributed by atoms with Crippen LogP contribution < -0.4 is 10.1 Å². The van der Waals surface area contributed by atoms with Crippen molar-refractivity contribution < 1.29 is 35.9 Å². The Labute approximate surface area is 220 Å². The predicted molar refractivity (Wildman–Crippen MR) is 134 cm³/mol. The fourth-order valence-electron chi connectivity index (χ4n) is 4.12. The van der Waals surface area contributed by atoms with Crippen LogP contribution in [0.2, 0.25) is 0 Å². The molecule has 1 aliphatic rings. The first-order valence-electron chi connectivity index (χ1n) is 11.7. The highest BCUT2D eigenvalue weighted by molar-refractivity contribution is 7.91. The van der Waals surface area contributed by atoms with E-state index in [2.05, 4.69) is 20.3 Å². The molecule has 0 unspecified atom stereocenters. The van der Waals surface area contributed by atoms with Gasteiger partial charge in [-0.05, 0) is 42.5 Å². The number of nitrogens with zero attached hydrogens (tertiary/aromatic N) is 3. The fraction of sp³-hybridized carbons (Fsp3) is 0.231. The molecule has 0 aliphatic carbocycles. The van der Waals surface area contributed by atoms with Crippen molar-refractivity contribution in [3.8, 4) is 17.1 Å². The lowest BCUT2D eigenvalue weighted by atomic mass is 10.1. The number of carbonyl (C=O) groups excluding carboxylic acids is 1. The third-order valence-electron chi connectivity index (χ3n) is 6.13. The van der Waals surface area contributed by atoms with Gasteiger partial charge in [-0.2, -0.15) is 0 Å². The average molecular weight is 559 g/mol. The van der Waals surface area contributed by atoms with Crippen molar-refractivity contribution >= 4 is 26.6 Å². The minimum atomic E-state index is -3.80. The Morgan fingerprint density at radius 1 is 1.15 bits per heavy atom. The zero-order valence-electron chi connectivity index (χ0n) is 20.4. The summed E-state index contributed by atoms with van der Waals surface area (Å²) >= 11 is 0. The molecule has 9 nitrogen and oxygen atoms in total. The molecule has 1 amide bonds. The zero-order valence-corrected chi connectivity index (χ0v) is 21.3. The number of aromatic nitrogens is 3. The van der Waals surface area contributed by atoms with E-state index in [1.54, 1.807) is 24.4 Å². The van der Waals surface area contributed by atoms with E-state index >= 15 is 0 Å². The van der Waals surface area contributed by atoms with Crippen molar-refractivity contribution in [3.63, 3.8) is 0 Å². The summed E-state index contributed by atoms with van der Waals surface area (Å²) in [5.74, 6) is -1.83. The number of hydrogen-bond acceptors (Lipinski definition) is 8. The van der Waals surface area contributed by atoms with Crippen molar-refractivity contribution in [1.29, 1.82) is 0 Å². The maximum atomic E-state index is 14.7. The first kappa shape index (κ1) is 26.5. The van der Waals surface area contributed by atoms with Gasteiger partial charge >= 0.3 is 0 Å². The van der Waals surface area contributed by atoms with Crippen LogP contribution in [0, 0.1) is 5.82 Å². The fourth-order valence-corrected chi connectivity index (χ4v) is 5.51. The number of pyridine rings is 3. The van der Waals surface area contributed by atoms with E-state index in [0.717, 1.165) is 12.1 Å². The molecule has 202 valence electrons. The highest BCUT2D eigenvalue weighted by Crippen LogP contribution is 2.31. The largest absolute Gasteiger partial charge is 0.480 e. The molecule has 13 heteroatoms. The Hall–Kier alpha value is -4.10. The molecule has 0 atom stereocenters. The number of fused-ring (bicyclic) bond motifs is 2. The second-order valence-corrected chi connectivity index (χ2v) is 10.7. The molecular formula is C26H21F3N4O5S. The van der Waals surface area contributed by atoms with E-state index < -0.39 is 33.7 Å². The smallest absolute Gasteiger partial charge is 0.280 e. The first-order valence-corrected chi connectivity index (χ1v) is 13.3. The second-order valence-electron chi connectivity index (χ2n) is 8.65. The molecule has 0 bridgehead atoms. The Balaban J connectivity index is 1.38. The molecule has 0 saturated carbocycles. The van der Waals surface area contributed by atoms with E-state index in [1.807, 2.05) is 0 Å². The molecular weight excluding hydrogens is 537 g/mol. The number of nitrogens with one attached hydrogen (secondary N) is 1. The van der Waals surface area contributed by atoms with E-state index in [9.17, 15) is 26.4 Å². The SMILES string of the molecule is COc1nc(C(F)F)ccc1-c1ccc2cnc(CNC(=O)c3cc(F)c4c(c3)S(=O)(=O)CCOC4)cc2n1. The van der Waals surface area contributed by atoms with E-state index in [0.29, 0.717) is 27.9 Å². The normalized spacial score (nSPS) is 14.6. The van der Waals surface area contributed by atoms with Crippen LogP contribution in [-0.4, -0.2) is 48.7 Å². The second kappa shape index (κ2) is 10.6. The highest BCUT2D eigenvalue weighted by Gasteiger charge is 2.27. The number of halogens is 3. The minimum absolute atomic E-state index is 0.00255. The topological polar surface area (TPSA) is 120 Å². The molecule has 4 heterocycles. The number of amides is 1. The van der Waals surface area contributed by atoms with Crippen molar-refractivity contribution in [3.05, 3.63) is 77.0 Å². The van der Waals surface area contributed by atoms with Crippen LogP contribution >= 0.6 is 0 Å². The van der Waals surface area contributed by atoms with Gasteiger partial charge in [0, 0.05) is 22.7 Å². The number of benzene rings is 1. The molecule has 1 aromatic carbocycles. The van der Waals surface area contributed by atoms with Crippen LogP contribution in [0.25, 0.3) is 22.2 Å². The number of rotatable bonds is 6. The summed E-state index contributed by atoms with van der Waals surface area (Å²) in [5, 5.41) is 3.30. The number of hydrogen-bond donors (Lipinski definition) is 1. The van der Waals surface area contributed by atoms with Crippen LogP contribution in [-0.2, 0) is 27.7 Å². The van der Waals surface area contributed by atoms with E-state index in [-0.39, 0.29) is 47.4 Å². The molecule has 39 heavy (non-hydrogen) atoms. The number of alkyl halides is 2. The predicted octanol–water partition coefficient (Wildman–Crippen LogP) is 4.01. The van der Waals surface area contributed by atoms with Crippen LogP contribution in [0.15, 0.2) is 53.6 Å². The van der Waals surface area contributed by atoms with Gasteiger partial charge in [0.2, 0.25) is 5.88 Å². The van der Waals surface area contributed by atoms with Gasteiger partial charge in [0.15, 0.2) is 9.84 Å². The quantitative estimate of drug-likeness (QED) is 0.377. The number of sulfone groups is 1. The van der Waals surface area contributed by atoms with Crippen molar-refractivity contribution in [2.45, 2.75) is 24.5 Å². The van der Waals surface area contributed by atoms with Gasteiger partial charge in [0.25, 0.3) is 12.3 Å². The Kier molecular flexibility index (Phi) is 7.19. The van der Waals surface area contributed by atoms with Crippen molar-refractivity contribution in [2.24, 2.45) is 0 Å². The van der Waals surface area contributed by atoms with E-state index in [1.165, 1.54) is 19.2 Å². The van der Waals surface area contributed by atoms with Gasteiger partial charge in [-0.3, -0.25) is 9.78 Å². The van der Waals surface area contributed by atoms with Crippen LogP contribution in [0.5, 0.6) is 5.88 Å². The van der Waals surface area contributed by atoms with E-state index in [4.69, 9.17) is 9.47 Å². The van der Waals surface area contributed by atoms with Crippen LogP contribution in [0.1, 0.15) is 33.7 Å². The Morgan fingerprint density at radius 3 is 2.74 bits per heavy atom. The molecule has 1 aliphatic heterocycles. The molecule has 0 fully saturated rings. The van der Waals surface area contributed by atoms with Crippen LogP contribution in [0.4, 0.5) is 13.2 Å². The molecule has 0 saturated heterocycles. The summed E-state index contributed by atoms with van der Waals surface area (Å²) in [6, 6.07) is 9.84. The summed E-state index contributed by atoms with van der Waals surface area (Å²) in [4.78, 5) is 25.2. The Morgan fingerprint density at radius 2 is 1.97 bits per heavy atom. The van der Waals surface area contributed by atoms with Gasteiger partial charge in [-0.1, -0.05) is 0 Å². The standard InChI is InChI=1S/C26H21F3N4O5S/c1-37-26-17(3-5-21(33-26)24(28)29)20-4-2-14-11-30-16(10-22(14)32-20)12-31-25(34)15-8-19(27)18-13-38-6-7-39(35,36)23(18)9-15/h2-5,8-11,24H,6-7,12-13H2,1H3,(H,31,34). The van der Waals surface area contributed by atoms with Gasteiger partial charge in [0.1, 0.15) is 11.5 Å². The van der Waals surface area contributed by atoms with Crippen LogP contribution in [0.3, 0.4) is 0 Å². The summed E-state index contributed by atoms with van der Waals surface area (Å²) in [6.07, 6.45) is -1.19. The summed E-state index contributed by atoms with van der Waals surface area (Å²) in [7, 11) is -2.48. The minimum Gasteiger partial charge on any atom is -0.480 e. The molecule has 4 aromatic rings.